The Morgan fingerprint density at radius 3 is 2.79 bits per heavy atom. The van der Waals surface area contributed by atoms with Crippen molar-refractivity contribution in [2.24, 2.45) is 0 Å². The van der Waals surface area contributed by atoms with Gasteiger partial charge in [-0.25, -0.2) is 0 Å². The standard InChI is InChI=1S/C12H15NO5S/c1-18-8-2-3-10(14)9(6-8)12(17)13-4-5-19-7-11(15)16/h2-3,6,14H,4-5,7H2,1H3,(H,13,17)(H,15,16). The summed E-state index contributed by atoms with van der Waals surface area (Å²) in [6.45, 7) is 0.327. The number of hydrogen-bond donors (Lipinski definition) is 3. The summed E-state index contributed by atoms with van der Waals surface area (Å²) in [6, 6.07) is 4.37. The van der Waals surface area contributed by atoms with Crippen molar-refractivity contribution in [2.75, 3.05) is 25.2 Å². The molecule has 0 heterocycles. The molecule has 0 aliphatic carbocycles. The highest BCUT2D eigenvalue weighted by Crippen LogP contribution is 2.22. The third kappa shape index (κ3) is 5.09. The highest BCUT2D eigenvalue weighted by atomic mass is 32.2. The molecule has 0 atom stereocenters. The topological polar surface area (TPSA) is 95.9 Å². The van der Waals surface area contributed by atoms with Crippen LogP contribution in [0.25, 0.3) is 0 Å². The summed E-state index contributed by atoms with van der Waals surface area (Å²) in [6.07, 6.45) is 0. The highest BCUT2D eigenvalue weighted by Gasteiger charge is 2.11. The monoisotopic (exact) mass is 285 g/mol. The lowest BCUT2D eigenvalue weighted by atomic mass is 10.2. The van der Waals surface area contributed by atoms with Crippen molar-refractivity contribution in [3.63, 3.8) is 0 Å². The van der Waals surface area contributed by atoms with Gasteiger partial charge >= 0.3 is 5.97 Å². The second kappa shape index (κ2) is 7.52. The molecule has 0 fully saturated rings. The Morgan fingerprint density at radius 1 is 1.42 bits per heavy atom. The summed E-state index contributed by atoms with van der Waals surface area (Å²) in [7, 11) is 1.47. The predicted octanol–water partition coefficient (Wildman–Crippen LogP) is 0.948. The predicted molar refractivity (Wildman–Crippen MR) is 72.0 cm³/mol. The maximum atomic E-state index is 11.8. The first-order valence-electron chi connectivity index (χ1n) is 5.49. The lowest BCUT2D eigenvalue weighted by molar-refractivity contribution is -0.133. The third-order valence-electron chi connectivity index (χ3n) is 2.21. The van der Waals surface area contributed by atoms with Gasteiger partial charge < -0.3 is 20.3 Å². The van der Waals surface area contributed by atoms with Crippen LogP contribution < -0.4 is 10.1 Å². The van der Waals surface area contributed by atoms with Crippen molar-refractivity contribution >= 4 is 23.6 Å². The van der Waals surface area contributed by atoms with Gasteiger partial charge in [0.15, 0.2) is 0 Å². The Labute approximate surface area is 114 Å². The third-order valence-corrected chi connectivity index (χ3v) is 3.15. The summed E-state index contributed by atoms with van der Waals surface area (Å²) >= 11 is 1.21. The van der Waals surface area contributed by atoms with Crippen LogP contribution in [0, 0.1) is 0 Å². The summed E-state index contributed by atoms with van der Waals surface area (Å²) in [5.41, 5.74) is 0.127. The Bertz CT molecular complexity index is 463. The van der Waals surface area contributed by atoms with Gasteiger partial charge in [0.2, 0.25) is 0 Å². The number of thioether (sulfide) groups is 1. The van der Waals surface area contributed by atoms with E-state index in [1.54, 1.807) is 6.07 Å². The average Bonchev–Trinajstić information content (AvgIpc) is 2.38. The van der Waals surface area contributed by atoms with E-state index in [9.17, 15) is 14.7 Å². The van der Waals surface area contributed by atoms with E-state index in [-0.39, 0.29) is 17.1 Å². The first-order valence-corrected chi connectivity index (χ1v) is 6.65. The minimum atomic E-state index is -0.887. The molecule has 0 spiro atoms. The molecule has 0 unspecified atom stereocenters. The fourth-order valence-corrected chi connectivity index (χ4v) is 1.88. The zero-order valence-corrected chi connectivity index (χ0v) is 11.2. The molecule has 0 saturated carbocycles. The number of amides is 1. The summed E-state index contributed by atoms with van der Waals surface area (Å²) < 4.78 is 4.97. The van der Waals surface area contributed by atoms with Gasteiger partial charge in [0, 0.05) is 12.3 Å². The number of benzene rings is 1. The maximum Gasteiger partial charge on any atom is 0.313 e. The summed E-state index contributed by atoms with van der Waals surface area (Å²) in [5.74, 6) is -0.475. The number of hydrogen-bond acceptors (Lipinski definition) is 5. The van der Waals surface area contributed by atoms with Gasteiger partial charge in [-0.1, -0.05) is 0 Å². The van der Waals surface area contributed by atoms with Crippen LogP contribution in [0.4, 0.5) is 0 Å². The number of phenols is 1. The van der Waals surface area contributed by atoms with E-state index in [0.29, 0.717) is 18.0 Å². The fraction of sp³-hybridized carbons (Fsp3) is 0.333. The van der Waals surface area contributed by atoms with E-state index in [2.05, 4.69) is 5.32 Å². The highest BCUT2D eigenvalue weighted by molar-refractivity contribution is 7.99. The lowest BCUT2D eigenvalue weighted by Crippen LogP contribution is -2.26. The molecule has 7 heteroatoms. The van der Waals surface area contributed by atoms with Gasteiger partial charge in [-0.05, 0) is 18.2 Å². The molecule has 1 aromatic carbocycles. The molecular formula is C12H15NO5S. The number of phenolic OH excluding ortho intramolecular Hbond substituents is 1. The van der Waals surface area contributed by atoms with Crippen molar-refractivity contribution < 1.29 is 24.5 Å². The molecule has 0 aromatic heterocycles. The fourth-order valence-electron chi connectivity index (χ4n) is 1.32. The number of nitrogens with one attached hydrogen (secondary N) is 1. The molecule has 3 N–H and O–H groups in total. The van der Waals surface area contributed by atoms with Gasteiger partial charge in [-0.15, -0.1) is 11.8 Å². The van der Waals surface area contributed by atoms with E-state index in [1.807, 2.05) is 0 Å². The second-order valence-corrected chi connectivity index (χ2v) is 4.69. The quantitative estimate of drug-likeness (QED) is 0.645. The SMILES string of the molecule is COc1ccc(O)c(C(=O)NCCSCC(=O)O)c1. The number of methoxy groups -OCH3 is 1. The molecule has 19 heavy (non-hydrogen) atoms. The molecule has 6 nitrogen and oxygen atoms in total. The van der Waals surface area contributed by atoms with Gasteiger partial charge in [0.1, 0.15) is 11.5 Å². The van der Waals surface area contributed by atoms with Crippen LogP contribution >= 0.6 is 11.8 Å². The first-order chi connectivity index (χ1) is 9.04. The zero-order chi connectivity index (χ0) is 14.3. The number of aromatic hydroxyl groups is 1. The van der Waals surface area contributed by atoms with Crippen molar-refractivity contribution in [2.45, 2.75) is 0 Å². The van der Waals surface area contributed by atoms with Crippen LogP contribution in [-0.4, -0.2) is 47.2 Å². The van der Waals surface area contributed by atoms with E-state index in [4.69, 9.17) is 9.84 Å². The number of carbonyl (C=O) groups is 2. The van der Waals surface area contributed by atoms with E-state index in [1.165, 1.54) is 31.0 Å². The molecule has 0 bridgehead atoms. The van der Waals surface area contributed by atoms with E-state index < -0.39 is 11.9 Å². The second-order valence-electron chi connectivity index (χ2n) is 3.59. The lowest BCUT2D eigenvalue weighted by Gasteiger charge is -2.08. The number of carboxylic acid groups (broad SMARTS) is 1. The van der Waals surface area contributed by atoms with Crippen LogP contribution in [0.2, 0.25) is 0 Å². The van der Waals surface area contributed by atoms with Crippen molar-refractivity contribution in [3.05, 3.63) is 23.8 Å². The van der Waals surface area contributed by atoms with Crippen molar-refractivity contribution in [1.82, 2.24) is 5.32 Å². The smallest absolute Gasteiger partial charge is 0.313 e. The molecule has 1 amide bonds. The first kappa shape index (κ1) is 15.2. The van der Waals surface area contributed by atoms with Crippen molar-refractivity contribution in [1.29, 1.82) is 0 Å². The average molecular weight is 285 g/mol. The zero-order valence-electron chi connectivity index (χ0n) is 10.4. The van der Waals surface area contributed by atoms with Gasteiger partial charge in [0.05, 0.1) is 18.4 Å². The number of aliphatic carboxylic acids is 1. The van der Waals surface area contributed by atoms with E-state index in [0.717, 1.165) is 0 Å². The molecule has 0 saturated heterocycles. The Balaban J connectivity index is 2.47. The molecule has 0 aliphatic rings. The number of rotatable bonds is 7. The Hall–Kier alpha value is -1.89. The molecular weight excluding hydrogens is 270 g/mol. The Kier molecular flexibility index (Phi) is 6.01. The molecule has 1 aromatic rings. The molecule has 1 rings (SSSR count). The van der Waals surface area contributed by atoms with Crippen LogP contribution in [0.5, 0.6) is 11.5 Å². The van der Waals surface area contributed by atoms with Crippen molar-refractivity contribution in [3.8, 4) is 11.5 Å². The van der Waals surface area contributed by atoms with Crippen LogP contribution in [0.3, 0.4) is 0 Å². The number of carbonyl (C=O) groups excluding carboxylic acids is 1. The van der Waals surface area contributed by atoms with Crippen LogP contribution in [0.15, 0.2) is 18.2 Å². The molecule has 0 radical (unpaired) electrons. The van der Waals surface area contributed by atoms with Gasteiger partial charge in [0.25, 0.3) is 5.91 Å². The number of ether oxygens (including phenoxy) is 1. The van der Waals surface area contributed by atoms with Crippen LogP contribution in [-0.2, 0) is 4.79 Å². The largest absolute Gasteiger partial charge is 0.507 e. The van der Waals surface area contributed by atoms with Gasteiger partial charge in [-0.3, -0.25) is 9.59 Å². The summed E-state index contributed by atoms with van der Waals surface area (Å²) in [5, 5.41) is 20.6. The minimum Gasteiger partial charge on any atom is -0.507 e. The summed E-state index contributed by atoms with van der Waals surface area (Å²) in [4.78, 5) is 22.1. The van der Waals surface area contributed by atoms with Gasteiger partial charge in [-0.2, -0.15) is 0 Å². The van der Waals surface area contributed by atoms with Crippen LogP contribution in [0.1, 0.15) is 10.4 Å². The molecule has 104 valence electrons. The minimum absolute atomic E-state index is 0.000278. The number of carboxylic acids is 1. The Morgan fingerprint density at radius 2 is 2.16 bits per heavy atom. The maximum absolute atomic E-state index is 11.8. The molecule has 0 aliphatic heterocycles. The normalized spacial score (nSPS) is 9.95. The van der Waals surface area contributed by atoms with E-state index >= 15 is 0 Å².